The summed E-state index contributed by atoms with van der Waals surface area (Å²) < 4.78 is 12.1. The minimum atomic E-state index is -4.56. The molecule has 0 saturated carbocycles. The highest BCUT2D eigenvalue weighted by Gasteiger charge is 2.48. The topological polar surface area (TPSA) is 77.8 Å². The van der Waals surface area contributed by atoms with Gasteiger partial charge in [-0.3, -0.25) is 4.57 Å². The largest absolute Gasteiger partial charge is 0.373 e. The predicted molar refractivity (Wildman–Crippen MR) is 147 cm³/mol. The number of unbranched alkanes of at least 4 members (excludes halogenated alkanes) is 14. The van der Waals surface area contributed by atoms with E-state index in [2.05, 4.69) is 31.2 Å². The number of hydrogen-bond acceptors (Lipinski definition) is 2. The maximum atomic E-state index is 11.8. The van der Waals surface area contributed by atoms with Gasteiger partial charge in [-0.15, -0.1) is 0 Å². The Morgan fingerprint density at radius 3 is 1.44 bits per heavy atom. The molecule has 0 spiro atoms. The highest BCUT2D eigenvalue weighted by Crippen LogP contribution is 2.52. The molecule has 0 heterocycles. The van der Waals surface area contributed by atoms with Gasteiger partial charge in [0, 0.05) is 0 Å². The van der Waals surface area contributed by atoms with E-state index >= 15 is 0 Å². The molecule has 0 radical (unpaired) electrons. The van der Waals surface area contributed by atoms with Gasteiger partial charge >= 0.3 is 7.60 Å². The molecule has 0 rings (SSSR count). The van der Waals surface area contributed by atoms with Crippen molar-refractivity contribution < 1.29 is 23.9 Å². The minimum Gasteiger partial charge on any atom is -0.373 e. The van der Waals surface area contributed by atoms with Gasteiger partial charge in [0.05, 0.1) is 21.1 Å². The third kappa shape index (κ3) is 19.8. The Morgan fingerprint density at radius 1 is 0.647 bits per heavy atom. The van der Waals surface area contributed by atoms with Crippen LogP contribution in [0.5, 0.6) is 0 Å². The van der Waals surface area contributed by atoms with Gasteiger partial charge in [0.25, 0.3) is 0 Å². The molecule has 0 saturated heterocycles. The van der Waals surface area contributed by atoms with Crippen molar-refractivity contribution in [2.75, 3.05) is 27.7 Å². The summed E-state index contributed by atoms with van der Waals surface area (Å²) in [6, 6.07) is 0. The van der Waals surface area contributed by atoms with Crippen LogP contribution >= 0.6 is 7.60 Å². The Labute approximate surface area is 211 Å². The van der Waals surface area contributed by atoms with Gasteiger partial charge in [-0.1, -0.05) is 89.0 Å². The van der Waals surface area contributed by atoms with Crippen LogP contribution in [0.4, 0.5) is 0 Å². The van der Waals surface area contributed by atoms with Crippen molar-refractivity contribution in [3.05, 3.63) is 24.3 Å². The van der Waals surface area contributed by atoms with Crippen LogP contribution < -0.4 is 0 Å². The van der Waals surface area contributed by atoms with Gasteiger partial charge in [0.2, 0.25) is 5.34 Å². The summed E-state index contributed by atoms with van der Waals surface area (Å²) in [5.41, 5.74) is 0. The Morgan fingerprint density at radius 2 is 1.03 bits per heavy atom. The Kier molecular flexibility index (Phi) is 19.4. The maximum Gasteiger partial charge on any atom is 0.362 e. The van der Waals surface area contributed by atoms with Crippen LogP contribution in [0, 0.1) is 0 Å². The van der Waals surface area contributed by atoms with Gasteiger partial charge in [0.15, 0.2) is 0 Å². The molecule has 5 nitrogen and oxygen atoms in total. The molecule has 0 aliphatic rings. The number of aliphatic hydroxyl groups is 1. The van der Waals surface area contributed by atoms with Gasteiger partial charge in [-0.05, 0) is 57.8 Å². The molecule has 6 heteroatoms. The van der Waals surface area contributed by atoms with E-state index in [1.165, 1.54) is 64.2 Å². The number of allylic oxidation sites excluding steroid dienone is 4. The second-order valence-electron chi connectivity index (χ2n) is 11.1. The number of likely N-dealkylation sites (N-methyl/N-ethyl adjacent to an activating group) is 1. The van der Waals surface area contributed by atoms with Crippen molar-refractivity contribution in [1.82, 2.24) is 0 Å². The predicted octanol–water partition coefficient (Wildman–Crippen LogP) is 7.71. The van der Waals surface area contributed by atoms with Crippen molar-refractivity contribution in [3.8, 4) is 0 Å². The fourth-order valence-corrected chi connectivity index (χ4v) is 5.38. The number of quaternary nitrogens is 1. The van der Waals surface area contributed by atoms with E-state index in [4.69, 9.17) is 0 Å². The summed E-state index contributed by atoms with van der Waals surface area (Å²) in [7, 11) is 0.948. The van der Waals surface area contributed by atoms with Crippen LogP contribution in [0.25, 0.3) is 0 Å². The first kappa shape index (κ1) is 33.5. The van der Waals surface area contributed by atoms with Crippen molar-refractivity contribution in [2.45, 2.75) is 128 Å². The highest BCUT2D eigenvalue weighted by molar-refractivity contribution is 7.53. The van der Waals surface area contributed by atoms with E-state index < -0.39 is 12.9 Å². The molecule has 0 aromatic carbocycles. The quantitative estimate of drug-likeness (QED) is 0.0578. The van der Waals surface area contributed by atoms with E-state index in [0.29, 0.717) is 10.9 Å². The Hall–Kier alpha value is -0.450. The molecule has 202 valence electrons. The molecule has 0 aliphatic carbocycles. The van der Waals surface area contributed by atoms with Gasteiger partial charge in [-0.2, -0.15) is 0 Å². The molecule has 1 unspecified atom stereocenters. The number of nitrogens with zero attached hydrogens (tertiary/aromatic N) is 1. The molecule has 0 bridgehead atoms. The number of rotatable bonds is 23. The van der Waals surface area contributed by atoms with E-state index in [0.717, 1.165) is 38.5 Å². The molecule has 34 heavy (non-hydrogen) atoms. The standard InChI is InChI=1S/C28H56NO4P/c1-5-6-7-8-9-10-11-12-13-14-15-16-17-18-19-20-21-22-23-24-25-26-28(30,34(31,32)33)27-29(2,3)4/h14-15,19-20,30H,5-13,16-18,21-27H2,1-4H3,(H-,31,32,33)/p+1/b15-14-,20-19-. The second-order valence-corrected chi connectivity index (χ2v) is 13.0. The molecule has 0 aromatic rings. The first-order valence-corrected chi connectivity index (χ1v) is 15.5. The van der Waals surface area contributed by atoms with E-state index in [9.17, 15) is 19.5 Å². The number of hydrogen-bond donors (Lipinski definition) is 3. The van der Waals surface area contributed by atoms with Gasteiger partial charge in [0.1, 0.15) is 6.54 Å². The summed E-state index contributed by atoms with van der Waals surface area (Å²) >= 11 is 0. The lowest BCUT2D eigenvalue weighted by molar-refractivity contribution is -0.875. The molecule has 0 fully saturated rings. The average Bonchev–Trinajstić information content (AvgIpc) is 2.73. The molecular formula is C28H57NO4P+. The first-order chi connectivity index (χ1) is 16.0. The van der Waals surface area contributed by atoms with Crippen LogP contribution in [-0.4, -0.2) is 52.4 Å². The van der Waals surface area contributed by atoms with Crippen LogP contribution in [0.1, 0.15) is 122 Å². The van der Waals surface area contributed by atoms with Crippen molar-refractivity contribution >= 4 is 7.60 Å². The molecule has 0 aromatic heterocycles. The average molecular weight is 503 g/mol. The van der Waals surface area contributed by atoms with E-state index in [1.807, 2.05) is 21.1 Å². The maximum absolute atomic E-state index is 11.8. The zero-order valence-electron chi connectivity index (χ0n) is 22.9. The van der Waals surface area contributed by atoms with Gasteiger partial charge < -0.3 is 19.4 Å². The van der Waals surface area contributed by atoms with Crippen LogP contribution in [0.15, 0.2) is 24.3 Å². The van der Waals surface area contributed by atoms with Gasteiger partial charge in [-0.25, -0.2) is 0 Å². The first-order valence-electron chi connectivity index (χ1n) is 13.9. The van der Waals surface area contributed by atoms with Crippen LogP contribution in [0.3, 0.4) is 0 Å². The summed E-state index contributed by atoms with van der Waals surface area (Å²) in [6.45, 7) is 2.32. The summed E-state index contributed by atoms with van der Waals surface area (Å²) in [5.74, 6) is 0. The zero-order valence-corrected chi connectivity index (χ0v) is 23.8. The van der Waals surface area contributed by atoms with Crippen molar-refractivity contribution in [2.24, 2.45) is 0 Å². The summed E-state index contributed by atoms with van der Waals surface area (Å²) in [4.78, 5) is 19.2. The monoisotopic (exact) mass is 502 g/mol. The van der Waals surface area contributed by atoms with Crippen LogP contribution in [-0.2, 0) is 4.57 Å². The van der Waals surface area contributed by atoms with Crippen molar-refractivity contribution in [3.63, 3.8) is 0 Å². The lowest BCUT2D eigenvalue weighted by atomic mass is 10.1. The summed E-state index contributed by atoms with van der Waals surface area (Å²) in [6.07, 6.45) is 29.8. The third-order valence-electron chi connectivity index (χ3n) is 6.27. The molecule has 0 amide bonds. The highest BCUT2D eigenvalue weighted by atomic mass is 31.2. The van der Waals surface area contributed by atoms with Crippen molar-refractivity contribution in [1.29, 1.82) is 0 Å². The lowest BCUT2D eigenvalue weighted by Crippen LogP contribution is -2.49. The smallest absolute Gasteiger partial charge is 0.362 e. The Bertz CT molecular complexity index is 579. The Balaban J connectivity index is 3.64. The molecular weight excluding hydrogens is 445 g/mol. The molecule has 3 N–H and O–H groups in total. The normalized spacial score (nSPS) is 14.9. The molecule has 1 atom stereocenters. The van der Waals surface area contributed by atoms with E-state index in [-0.39, 0.29) is 13.0 Å². The molecule has 0 aliphatic heterocycles. The van der Waals surface area contributed by atoms with E-state index in [1.54, 1.807) is 0 Å². The van der Waals surface area contributed by atoms with Crippen LogP contribution in [0.2, 0.25) is 0 Å². The zero-order chi connectivity index (χ0) is 25.8. The SMILES string of the molecule is CCCCCCCCCC/C=C\CCC/C=C\CCCCCCC(O)(C[N+](C)(C)C)P(=O)(O)O. The third-order valence-corrected chi connectivity index (χ3v) is 7.72. The minimum absolute atomic E-state index is 0.0500. The fraction of sp³-hybridized carbons (Fsp3) is 0.857. The summed E-state index contributed by atoms with van der Waals surface area (Å²) in [5, 5.41) is 8.62. The fourth-order valence-electron chi connectivity index (χ4n) is 4.32. The lowest BCUT2D eigenvalue weighted by Gasteiger charge is -2.35. The second kappa shape index (κ2) is 19.7.